The van der Waals surface area contributed by atoms with Gasteiger partial charge in [0, 0.05) is 0 Å². The molecule has 0 saturated heterocycles. The first-order valence-corrected chi connectivity index (χ1v) is 24.7. The third kappa shape index (κ3) is 38.3. The van der Waals surface area contributed by atoms with Gasteiger partial charge >= 0.3 is 0 Å². The molecule has 6 nitrogen and oxygen atoms in total. The Morgan fingerprint density at radius 1 is 0.429 bits per heavy atom. The molecule has 0 aliphatic heterocycles. The average molecular weight is 792 g/mol. The average Bonchev–Trinajstić information content (AvgIpc) is 3.20. The van der Waals surface area contributed by atoms with E-state index in [2.05, 4.69) is 43.5 Å². The number of aliphatic hydroxyl groups excluding tert-OH is 4. The zero-order valence-electron chi connectivity index (χ0n) is 37.4. The van der Waals surface area contributed by atoms with Gasteiger partial charge in [-0.15, -0.1) is 0 Å². The van der Waals surface area contributed by atoms with Crippen molar-refractivity contribution >= 4 is 5.91 Å². The third-order valence-corrected chi connectivity index (χ3v) is 11.6. The Balaban J connectivity index is 3.73. The van der Waals surface area contributed by atoms with Gasteiger partial charge in [0.05, 0.1) is 18.8 Å². The van der Waals surface area contributed by atoms with Gasteiger partial charge in [-0.05, 0) is 51.4 Å². The molecule has 332 valence electrons. The van der Waals surface area contributed by atoms with Crippen LogP contribution in [0.2, 0.25) is 0 Å². The second-order valence-corrected chi connectivity index (χ2v) is 17.2. The number of hydrogen-bond acceptors (Lipinski definition) is 5. The Morgan fingerprint density at radius 3 is 1.12 bits per heavy atom. The van der Waals surface area contributed by atoms with Gasteiger partial charge in [0.1, 0.15) is 12.2 Å². The fraction of sp³-hybridized carbons (Fsp3) is 0.900. The highest BCUT2D eigenvalue weighted by atomic mass is 16.3. The summed E-state index contributed by atoms with van der Waals surface area (Å²) in [5, 5.41) is 43.8. The number of nitrogens with one attached hydrogen (secondary N) is 1. The SMILES string of the molecule is CCCCCCCCCCCCCC/C=C/CC/C=C/CCCC(O)C(O)C(CO)NC(=O)C(O)CCCCCCCCCCCCCCCCCCCCC. The summed E-state index contributed by atoms with van der Waals surface area (Å²) in [5.74, 6) is -0.594. The predicted molar refractivity (Wildman–Crippen MR) is 242 cm³/mol. The molecule has 0 saturated carbocycles. The van der Waals surface area contributed by atoms with Crippen LogP contribution in [-0.4, -0.2) is 57.3 Å². The van der Waals surface area contributed by atoms with Gasteiger partial charge in [0.2, 0.25) is 5.91 Å². The Labute approximate surface area is 348 Å². The van der Waals surface area contributed by atoms with Gasteiger partial charge in [-0.25, -0.2) is 0 Å². The molecule has 0 rings (SSSR count). The van der Waals surface area contributed by atoms with Crippen LogP contribution in [0.3, 0.4) is 0 Å². The van der Waals surface area contributed by atoms with Crippen molar-refractivity contribution in [3.8, 4) is 0 Å². The highest BCUT2D eigenvalue weighted by molar-refractivity contribution is 5.80. The smallest absolute Gasteiger partial charge is 0.249 e. The number of amides is 1. The van der Waals surface area contributed by atoms with E-state index in [1.54, 1.807) is 0 Å². The maximum absolute atomic E-state index is 12.5. The molecule has 0 spiro atoms. The van der Waals surface area contributed by atoms with Crippen molar-refractivity contribution in [2.24, 2.45) is 0 Å². The van der Waals surface area contributed by atoms with Gasteiger partial charge in [0.25, 0.3) is 0 Å². The van der Waals surface area contributed by atoms with Crippen molar-refractivity contribution in [1.82, 2.24) is 5.32 Å². The summed E-state index contributed by atoms with van der Waals surface area (Å²) in [5.41, 5.74) is 0. The molecule has 5 N–H and O–H groups in total. The molecule has 0 aromatic rings. The Hall–Kier alpha value is -1.21. The van der Waals surface area contributed by atoms with E-state index in [9.17, 15) is 25.2 Å². The number of unbranched alkanes of at least 4 members (excludes halogenated alkanes) is 32. The van der Waals surface area contributed by atoms with E-state index in [1.807, 2.05) is 0 Å². The first-order chi connectivity index (χ1) is 27.5. The van der Waals surface area contributed by atoms with E-state index >= 15 is 0 Å². The topological polar surface area (TPSA) is 110 Å². The van der Waals surface area contributed by atoms with Crippen LogP contribution in [0.4, 0.5) is 0 Å². The van der Waals surface area contributed by atoms with Crippen molar-refractivity contribution < 1.29 is 25.2 Å². The molecule has 0 heterocycles. The summed E-state index contributed by atoms with van der Waals surface area (Å²) in [6.45, 7) is 4.06. The van der Waals surface area contributed by atoms with Crippen LogP contribution in [0.15, 0.2) is 24.3 Å². The molecule has 1 amide bonds. The zero-order chi connectivity index (χ0) is 41.0. The molecular formula is C50H97NO5. The first-order valence-electron chi connectivity index (χ1n) is 24.7. The molecule has 4 unspecified atom stereocenters. The van der Waals surface area contributed by atoms with Crippen LogP contribution in [-0.2, 0) is 4.79 Å². The summed E-state index contributed by atoms with van der Waals surface area (Å²) in [4.78, 5) is 12.5. The van der Waals surface area contributed by atoms with Crippen molar-refractivity contribution in [2.75, 3.05) is 6.61 Å². The Morgan fingerprint density at radius 2 is 0.750 bits per heavy atom. The van der Waals surface area contributed by atoms with Gasteiger partial charge in [-0.2, -0.15) is 0 Å². The van der Waals surface area contributed by atoms with E-state index in [4.69, 9.17) is 0 Å². The monoisotopic (exact) mass is 792 g/mol. The Kier molecular flexibility index (Phi) is 43.9. The largest absolute Gasteiger partial charge is 0.394 e. The number of carbonyl (C=O) groups excluding carboxylic acids is 1. The van der Waals surface area contributed by atoms with Crippen LogP contribution >= 0.6 is 0 Å². The number of aliphatic hydroxyl groups is 4. The molecule has 4 atom stereocenters. The van der Waals surface area contributed by atoms with Gasteiger partial charge in [0.15, 0.2) is 0 Å². The molecule has 0 aliphatic rings. The minimum atomic E-state index is -1.29. The van der Waals surface area contributed by atoms with Crippen LogP contribution in [0.5, 0.6) is 0 Å². The van der Waals surface area contributed by atoms with E-state index in [1.165, 1.54) is 186 Å². The fourth-order valence-corrected chi connectivity index (χ4v) is 7.72. The normalized spacial score (nSPS) is 14.2. The van der Waals surface area contributed by atoms with Gasteiger partial charge < -0.3 is 25.7 Å². The first kappa shape index (κ1) is 54.8. The molecule has 0 fully saturated rings. The second-order valence-electron chi connectivity index (χ2n) is 17.2. The fourth-order valence-electron chi connectivity index (χ4n) is 7.72. The van der Waals surface area contributed by atoms with Crippen LogP contribution in [0, 0.1) is 0 Å². The van der Waals surface area contributed by atoms with Crippen molar-refractivity contribution in [2.45, 2.75) is 282 Å². The standard InChI is InChI=1S/C50H97NO5/c1-3-5-7-9-11-13-15-17-19-21-23-24-26-27-29-31-33-35-37-39-41-43-47(53)49(55)46(45-52)51-50(56)48(54)44-42-40-38-36-34-32-30-28-25-22-20-18-16-14-12-10-8-6-4-2/h27,29,35,37,46-49,52-55H,3-26,28,30-34,36,38-45H2,1-2H3,(H,51,56)/b29-27+,37-35+. The van der Waals surface area contributed by atoms with E-state index in [-0.39, 0.29) is 0 Å². The summed E-state index contributed by atoms with van der Waals surface area (Å²) < 4.78 is 0. The number of allylic oxidation sites excluding steroid dienone is 4. The molecule has 0 aromatic heterocycles. The summed E-state index contributed by atoms with van der Waals surface area (Å²) in [7, 11) is 0. The quantitative estimate of drug-likeness (QED) is 0.0312. The van der Waals surface area contributed by atoms with Gasteiger partial charge in [-0.3, -0.25) is 4.79 Å². The molecule has 0 bridgehead atoms. The molecule has 0 aromatic carbocycles. The van der Waals surface area contributed by atoms with Crippen molar-refractivity contribution in [1.29, 1.82) is 0 Å². The number of hydrogen-bond donors (Lipinski definition) is 5. The Bertz CT molecular complexity index is 847. The maximum atomic E-state index is 12.5. The maximum Gasteiger partial charge on any atom is 0.249 e. The highest BCUT2D eigenvalue weighted by Crippen LogP contribution is 2.17. The van der Waals surface area contributed by atoms with E-state index < -0.39 is 36.9 Å². The van der Waals surface area contributed by atoms with Crippen molar-refractivity contribution in [3.05, 3.63) is 24.3 Å². The molecular weight excluding hydrogens is 695 g/mol. The van der Waals surface area contributed by atoms with E-state index in [0.29, 0.717) is 19.3 Å². The van der Waals surface area contributed by atoms with Crippen LogP contribution in [0.25, 0.3) is 0 Å². The number of rotatable bonds is 45. The molecule has 6 heteroatoms. The highest BCUT2D eigenvalue weighted by Gasteiger charge is 2.28. The minimum absolute atomic E-state index is 0.364. The zero-order valence-corrected chi connectivity index (χ0v) is 37.4. The lowest BCUT2D eigenvalue weighted by Gasteiger charge is -2.27. The van der Waals surface area contributed by atoms with Crippen LogP contribution in [0.1, 0.15) is 258 Å². The summed E-state index contributed by atoms with van der Waals surface area (Å²) in [6, 6.07) is -1.01. The summed E-state index contributed by atoms with van der Waals surface area (Å²) >= 11 is 0. The molecule has 56 heavy (non-hydrogen) atoms. The molecule has 0 aliphatic carbocycles. The lowest BCUT2D eigenvalue weighted by atomic mass is 10.00. The van der Waals surface area contributed by atoms with Gasteiger partial charge in [-0.1, -0.05) is 231 Å². The lowest BCUT2D eigenvalue weighted by molar-refractivity contribution is -0.132. The van der Waals surface area contributed by atoms with Crippen molar-refractivity contribution in [3.63, 3.8) is 0 Å². The van der Waals surface area contributed by atoms with Crippen LogP contribution < -0.4 is 5.32 Å². The van der Waals surface area contributed by atoms with E-state index in [0.717, 1.165) is 38.5 Å². The third-order valence-electron chi connectivity index (χ3n) is 11.6. The lowest BCUT2D eigenvalue weighted by Crippen LogP contribution is -2.53. The molecule has 0 radical (unpaired) electrons. The minimum Gasteiger partial charge on any atom is -0.394 e. The summed E-state index contributed by atoms with van der Waals surface area (Å²) in [6.07, 6.45) is 52.2. The second kappa shape index (κ2) is 44.9. The predicted octanol–water partition coefficient (Wildman–Crippen LogP) is 13.5. The number of carbonyl (C=O) groups is 1.